The highest BCUT2D eigenvalue weighted by Gasteiger charge is 2.00. The molecule has 0 radical (unpaired) electrons. The van der Waals surface area contributed by atoms with E-state index in [9.17, 15) is 9.59 Å². The van der Waals surface area contributed by atoms with Crippen molar-refractivity contribution in [1.29, 1.82) is 0 Å². The van der Waals surface area contributed by atoms with Crippen molar-refractivity contribution in [2.45, 2.75) is 12.8 Å². The van der Waals surface area contributed by atoms with Crippen molar-refractivity contribution in [3.63, 3.8) is 0 Å². The summed E-state index contributed by atoms with van der Waals surface area (Å²) >= 11 is 3.68. The van der Waals surface area contributed by atoms with Gasteiger partial charge in [0.25, 0.3) is 0 Å². The average Bonchev–Trinajstić information content (AvgIpc) is 2.53. The first-order valence-electron chi connectivity index (χ1n) is 6.93. The van der Waals surface area contributed by atoms with Crippen molar-refractivity contribution >= 4 is 35.5 Å². The molecule has 2 aliphatic heterocycles. The van der Waals surface area contributed by atoms with Crippen LogP contribution in [-0.4, -0.2) is 45.2 Å². The zero-order valence-corrected chi connectivity index (χ0v) is 13.9. The Morgan fingerprint density at radius 2 is 1.27 bits per heavy atom. The maximum absolute atomic E-state index is 10.1. The van der Waals surface area contributed by atoms with Crippen LogP contribution < -0.4 is 0 Å². The van der Waals surface area contributed by atoms with Gasteiger partial charge in [0.05, 0.1) is 0 Å². The van der Waals surface area contributed by atoms with Crippen molar-refractivity contribution in [3.05, 3.63) is 47.6 Å². The van der Waals surface area contributed by atoms with Gasteiger partial charge in [-0.25, -0.2) is 9.59 Å². The van der Waals surface area contributed by atoms with E-state index < -0.39 is 11.9 Å². The fourth-order valence-corrected chi connectivity index (χ4v) is 3.50. The molecule has 0 unspecified atom stereocenters. The van der Waals surface area contributed by atoms with E-state index in [1.807, 2.05) is 23.5 Å². The van der Waals surface area contributed by atoms with Crippen LogP contribution in [0.4, 0.5) is 0 Å². The lowest BCUT2D eigenvalue weighted by Crippen LogP contribution is -1.94. The number of carboxylic acid groups (broad SMARTS) is 2. The summed E-state index contributed by atoms with van der Waals surface area (Å²) < 4.78 is 0. The minimum atomic E-state index is -0.874. The number of carbonyl (C=O) groups is 2. The van der Waals surface area contributed by atoms with E-state index in [0.29, 0.717) is 0 Å². The van der Waals surface area contributed by atoms with Crippen LogP contribution in [-0.2, 0) is 9.59 Å². The number of rotatable bonds is 4. The van der Waals surface area contributed by atoms with Gasteiger partial charge in [0.1, 0.15) is 0 Å². The molecular weight excluding hydrogens is 320 g/mol. The van der Waals surface area contributed by atoms with Gasteiger partial charge in [-0.05, 0) is 35.5 Å². The number of carboxylic acids is 2. The Hall–Kier alpha value is -1.40. The van der Waals surface area contributed by atoms with Crippen molar-refractivity contribution in [1.82, 2.24) is 0 Å². The fourth-order valence-electron chi connectivity index (χ4n) is 1.74. The van der Waals surface area contributed by atoms with Crippen LogP contribution in [0.2, 0.25) is 0 Å². The van der Waals surface area contributed by atoms with Gasteiger partial charge in [-0.15, -0.1) is 0 Å². The molecule has 0 aromatic carbocycles. The Kier molecular flexibility index (Phi) is 9.50. The van der Waals surface area contributed by atoms with Crippen LogP contribution in [0.5, 0.6) is 0 Å². The summed E-state index contributed by atoms with van der Waals surface area (Å²) in [7, 11) is 0. The van der Waals surface area contributed by atoms with E-state index in [-0.39, 0.29) is 0 Å². The molecule has 2 rings (SSSR count). The summed E-state index contributed by atoms with van der Waals surface area (Å²) in [6, 6.07) is 0. The monoisotopic (exact) mass is 340 g/mol. The summed E-state index contributed by atoms with van der Waals surface area (Å²) in [5.41, 5.74) is 2.26. The van der Waals surface area contributed by atoms with Crippen molar-refractivity contribution in [3.8, 4) is 0 Å². The molecule has 120 valence electrons. The van der Waals surface area contributed by atoms with Gasteiger partial charge in [0.2, 0.25) is 0 Å². The number of hydrogen-bond acceptors (Lipinski definition) is 4. The number of hydrogen-bond donors (Lipinski definition) is 2. The van der Waals surface area contributed by atoms with Crippen LogP contribution in [0.25, 0.3) is 0 Å². The Morgan fingerprint density at radius 3 is 1.55 bits per heavy atom. The molecule has 6 heteroatoms. The molecule has 0 saturated heterocycles. The van der Waals surface area contributed by atoms with E-state index >= 15 is 0 Å². The quantitative estimate of drug-likeness (QED) is 0.764. The van der Waals surface area contributed by atoms with Crippen LogP contribution >= 0.6 is 23.5 Å². The third kappa shape index (κ3) is 9.52. The van der Waals surface area contributed by atoms with Crippen molar-refractivity contribution < 1.29 is 19.8 Å². The predicted molar refractivity (Wildman–Crippen MR) is 93.6 cm³/mol. The van der Waals surface area contributed by atoms with Crippen LogP contribution in [0.3, 0.4) is 0 Å². The highest BCUT2D eigenvalue weighted by atomic mass is 32.2. The molecule has 0 aliphatic carbocycles. The van der Waals surface area contributed by atoms with E-state index in [0.717, 1.165) is 47.0 Å². The Balaban J connectivity index is 0.000000220. The van der Waals surface area contributed by atoms with Gasteiger partial charge >= 0.3 is 11.9 Å². The second kappa shape index (κ2) is 11.2. The second-order valence-electron chi connectivity index (χ2n) is 4.58. The summed E-state index contributed by atoms with van der Waals surface area (Å²) in [4.78, 5) is 20.2. The minimum absolute atomic E-state index is 0.874. The van der Waals surface area contributed by atoms with Gasteiger partial charge < -0.3 is 10.2 Å². The lowest BCUT2D eigenvalue weighted by atomic mass is 10.2. The van der Waals surface area contributed by atoms with Gasteiger partial charge in [-0.2, -0.15) is 23.5 Å². The SMILES string of the molecule is O=C(O)/C=C/C1=CCCSC1.O=C(O)/C=C/C1=CCCSC1. The Bertz CT molecular complexity index is 458. The molecule has 0 saturated carbocycles. The average molecular weight is 340 g/mol. The molecule has 0 amide bonds. The Labute approximate surface area is 139 Å². The van der Waals surface area contributed by atoms with E-state index in [4.69, 9.17) is 10.2 Å². The number of allylic oxidation sites excluding steroid dienone is 4. The zero-order chi connectivity index (χ0) is 16.2. The lowest BCUT2D eigenvalue weighted by Gasteiger charge is -2.07. The number of aliphatic carboxylic acids is 2. The van der Waals surface area contributed by atoms with Gasteiger partial charge in [0.15, 0.2) is 0 Å². The first-order chi connectivity index (χ1) is 10.6. The third-order valence-corrected chi connectivity index (χ3v) is 4.88. The molecule has 22 heavy (non-hydrogen) atoms. The molecule has 0 spiro atoms. The lowest BCUT2D eigenvalue weighted by molar-refractivity contribution is -0.132. The topological polar surface area (TPSA) is 74.6 Å². The summed E-state index contributed by atoms with van der Waals surface area (Å²) in [5.74, 6) is 2.46. The first-order valence-corrected chi connectivity index (χ1v) is 9.24. The maximum atomic E-state index is 10.1. The van der Waals surface area contributed by atoms with Crippen LogP contribution in [0.15, 0.2) is 47.6 Å². The molecule has 0 atom stereocenters. The molecule has 2 heterocycles. The van der Waals surface area contributed by atoms with E-state index in [2.05, 4.69) is 12.2 Å². The maximum Gasteiger partial charge on any atom is 0.328 e. The molecular formula is C16H20O4S2. The van der Waals surface area contributed by atoms with E-state index in [1.165, 1.54) is 12.2 Å². The van der Waals surface area contributed by atoms with Crippen molar-refractivity contribution in [2.24, 2.45) is 0 Å². The minimum Gasteiger partial charge on any atom is -0.478 e. The van der Waals surface area contributed by atoms with Gasteiger partial charge in [-0.1, -0.05) is 24.3 Å². The van der Waals surface area contributed by atoms with Crippen LogP contribution in [0.1, 0.15) is 12.8 Å². The fraction of sp³-hybridized carbons (Fsp3) is 0.375. The Morgan fingerprint density at radius 1 is 0.864 bits per heavy atom. The molecule has 2 aliphatic rings. The summed E-state index contributed by atoms with van der Waals surface area (Å²) in [6.45, 7) is 0. The standard InChI is InChI=1S/2C8H10O2S/c2*9-8(10)4-3-7-2-1-5-11-6-7/h2*2-4H,1,5-6H2,(H,9,10)/b2*4-3+. The van der Waals surface area contributed by atoms with Crippen LogP contribution in [0, 0.1) is 0 Å². The zero-order valence-electron chi connectivity index (χ0n) is 12.2. The van der Waals surface area contributed by atoms with Gasteiger partial charge in [-0.3, -0.25) is 0 Å². The normalized spacial score (nSPS) is 18.4. The van der Waals surface area contributed by atoms with Crippen molar-refractivity contribution in [2.75, 3.05) is 23.0 Å². The van der Waals surface area contributed by atoms with Gasteiger partial charge in [0, 0.05) is 23.7 Å². The predicted octanol–water partition coefficient (Wildman–Crippen LogP) is 3.38. The third-order valence-electron chi connectivity index (χ3n) is 2.75. The highest BCUT2D eigenvalue weighted by molar-refractivity contribution is 7.99. The molecule has 0 bridgehead atoms. The highest BCUT2D eigenvalue weighted by Crippen LogP contribution is 2.17. The largest absolute Gasteiger partial charge is 0.478 e. The molecule has 0 fully saturated rings. The molecule has 0 aromatic heterocycles. The smallest absolute Gasteiger partial charge is 0.328 e. The molecule has 2 N–H and O–H groups in total. The first kappa shape index (κ1) is 18.6. The molecule has 0 aromatic rings. The summed E-state index contributed by atoms with van der Waals surface area (Å²) in [6.07, 6.45) is 12.0. The number of thioether (sulfide) groups is 2. The second-order valence-corrected chi connectivity index (χ2v) is 6.79. The summed E-state index contributed by atoms with van der Waals surface area (Å²) in [5, 5.41) is 16.6. The van der Waals surface area contributed by atoms with E-state index in [1.54, 1.807) is 12.2 Å². The molecule has 4 nitrogen and oxygen atoms in total.